The molecule has 0 radical (unpaired) electrons. The number of nitrogens with zero attached hydrogens (tertiary/aromatic N) is 1. The van der Waals surface area contributed by atoms with Crippen molar-refractivity contribution in [1.29, 1.82) is 0 Å². The number of nitrogens with two attached hydrogens (primary N) is 1. The van der Waals surface area contributed by atoms with Crippen molar-refractivity contribution in [3.8, 4) is 0 Å². The van der Waals surface area contributed by atoms with Crippen molar-refractivity contribution < 1.29 is 9.18 Å². The van der Waals surface area contributed by atoms with Crippen molar-refractivity contribution in [2.45, 2.75) is 12.8 Å². The number of piperidine rings is 1. The van der Waals surface area contributed by atoms with Crippen LogP contribution in [-0.4, -0.2) is 30.4 Å². The fourth-order valence-electron chi connectivity index (χ4n) is 2.23. The first-order chi connectivity index (χ1) is 8.63. The first-order valence-electron chi connectivity index (χ1n) is 6.07. The van der Waals surface area contributed by atoms with Gasteiger partial charge in [0.25, 0.3) is 5.91 Å². The lowest BCUT2D eigenvalue weighted by atomic mass is 9.96. The molecule has 1 aliphatic rings. The molecule has 1 aromatic rings. The van der Waals surface area contributed by atoms with E-state index in [1.54, 1.807) is 4.90 Å². The van der Waals surface area contributed by atoms with Gasteiger partial charge in [-0.3, -0.25) is 4.79 Å². The molecule has 1 amide bonds. The number of carbonyl (C=O) groups excluding carboxylic acids is 1. The van der Waals surface area contributed by atoms with Crippen LogP contribution in [0.25, 0.3) is 0 Å². The maximum absolute atomic E-state index is 13.6. The van der Waals surface area contributed by atoms with Crippen molar-refractivity contribution in [3.05, 3.63) is 34.6 Å². The minimum Gasteiger partial charge on any atom is -0.338 e. The van der Waals surface area contributed by atoms with Gasteiger partial charge in [0, 0.05) is 13.1 Å². The normalized spacial score (nSPS) is 16.9. The van der Waals surface area contributed by atoms with Crippen LogP contribution in [-0.2, 0) is 0 Å². The van der Waals surface area contributed by atoms with E-state index in [1.807, 2.05) is 0 Å². The highest BCUT2D eigenvalue weighted by Gasteiger charge is 2.26. The highest BCUT2D eigenvalue weighted by Crippen LogP contribution is 2.23. The number of hydrogen-bond acceptors (Lipinski definition) is 2. The van der Waals surface area contributed by atoms with Gasteiger partial charge >= 0.3 is 0 Å². The third-order valence-electron chi connectivity index (χ3n) is 3.41. The van der Waals surface area contributed by atoms with E-state index < -0.39 is 5.82 Å². The van der Waals surface area contributed by atoms with Crippen molar-refractivity contribution in [3.63, 3.8) is 0 Å². The fourth-order valence-corrected chi connectivity index (χ4v) is 2.48. The number of benzene rings is 1. The van der Waals surface area contributed by atoms with E-state index in [2.05, 4.69) is 0 Å². The topological polar surface area (TPSA) is 46.3 Å². The van der Waals surface area contributed by atoms with Crippen molar-refractivity contribution in [2.24, 2.45) is 11.7 Å². The van der Waals surface area contributed by atoms with Crippen LogP contribution < -0.4 is 5.73 Å². The third-order valence-corrected chi connectivity index (χ3v) is 3.73. The molecule has 1 heterocycles. The Morgan fingerprint density at radius 3 is 2.67 bits per heavy atom. The minimum absolute atomic E-state index is 0.0228. The van der Waals surface area contributed by atoms with Crippen LogP contribution >= 0.6 is 11.6 Å². The lowest BCUT2D eigenvalue weighted by molar-refractivity contribution is 0.0689. The zero-order valence-electron chi connectivity index (χ0n) is 10.0. The van der Waals surface area contributed by atoms with Gasteiger partial charge < -0.3 is 10.6 Å². The maximum Gasteiger partial charge on any atom is 0.258 e. The van der Waals surface area contributed by atoms with Gasteiger partial charge in [-0.2, -0.15) is 0 Å². The van der Waals surface area contributed by atoms with Gasteiger partial charge in [0.15, 0.2) is 0 Å². The fraction of sp³-hybridized carbons (Fsp3) is 0.462. The predicted octanol–water partition coefficient (Wildman–Crippen LogP) is 2.29. The zero-order chi connectivity index (χ0) is 13.1. The van der Waals surface area contributed by atoms with Crippen molar-refractivity contribution in [1.82, 2.24) is 4.90 Å². The third kappa shape index (κ3) is 2.65. The number of hydrogen-bond donors (Lipinski definition) is 1. The van der Waals surface area contributed by atoms with Gasteiger partial charge in [-0.25, -0.2) is 4.39 Å². The van der Waals surface area contributed by atoms with Crippen LogP contribution in [0, 0.1) is 11.7 Å². The van der Waals surface area contributed by atoms with Crippen LogP contribution in [0.15, 0.2) is 18.2 Å². The van der Waals surface area contributed by atoms with Gasteiger partial charge in [0.2, 0.25) is 0 Å². The zero-order valence-corrected chi connectivity index (χ0v) is 10.8. The number of amides is 1. The molecule has 0 saturated carbocycles. The second-order valence-corrected chi connectivity index (χ2v) is 4.98. The Hall–Kier alpha value is -1.13. The van der Waals surface area contributed by atoms with Crippen LogP contribution in [0.1, 0.15) is 23.2 Å². The number of likely N-dealkylation sites (tertiary alicyclic amines) is 1. The molecule has 0 aliphatic carbocycles. The molecule has 0 aromatic heterocycles. The van der Waals surface area contributed by atoms with E-state index in [1.165, 1.54) is 18.2 Å². The summed E-state index contributed by atoms with van der Waals surface area (Å²) >= 11 is 5.89. The minimum atomic E-state index is -0.562. The molecule has 1 aromatic carbocycles. The van der Waals surface area contributed by atoms with E-state index in [0.29, 0.717) is 25.6 Å². The molecule has 2 N–H and O–H groups in total. The number of halogens is 2. The molecular weight excluding hydrogens is 255 g/mol. The number of rotatable bonds is 2. The highest BCUT2D eigenvalue weighted by molar-refractivity contribution is 6.33. The molecule has 18 heavy (non-hydrogen) atoms. The molecule has 1 fully saturated rings. The van der Waals surface area contributed by atoms with Crippen molar-refractivity contribution >= 4 is 17.5 Å². The van der Waals surface area contributed by atoms with Gasteiger partial charge in [-0.15, -0.1) is 0 Å². The molecule has 3 nitrogen and oxygen atoms in total. The summed E-state index contributed by atoms with van der Waals surface area (Å²) in [6.45, 7) is 1.87. The summed E-state index contributed by atoms with van der Waals surface area (Å²) < 4.78 is 13.6. The van der Waals surface area contributed by atoms with Crippen LogP contribution in [0.3, 0.4) is 0 Å². The first kappa shape index (κ1) is 13.3. The molecule has 0 atom stereocenters. The summed E-state index contributed by atoms with van der Waals surface area (Å²) in [6.07, 6.45) is 1.74. The van der Waals surface area contributed by atoms with Crippen LogP contribution in [0.4, 0.5) is 4.39 Å². The lowest BCUT2D eigenvalue weighted by Gasteiger charge is -2.31. The maximum atomic E-state index is 13.6. The Bertz CT molecular complexity index is 424. The lowest BCUT2D eigenvalue weighted by Crippen LogP contribution is -2.40. The Morgan fingerprint density at radius 2 is 2.11 bits per heavy atom. The predicted molar refractivity (Wildman–Crippen MR) is 69.1 cm³/mol. The van der Waals surface area contributed by atoms with E-state index in [0.717, 1.165) is 12.8 Å². The monoisotopic (exact) mass is 270 g/mol. The van der Waals surface area contributed by atoms with Crippen LogP contribution in [0.2, 0.25) is 5.02 Å². The SMILES string of the molecule is NCC1CCN(C(=O)c2c(F)cccc2Cl)CC1. The number of carbonyl (C=O) groups is 1. The molecule has 0 unspecified atom stereocenters. The average Bonchev–Trinajstić information content (AvgIpc) is 2.38. The molecule has 1 saturated heterocycles. The largest absolute Gasteiger partial charge is 0.338 e. The summed E-state index contributed by atoms with van der Waals surface area (Å²) in [5.74, 6) is -0.424. The van der Waals surface area contributed by atoms with Gasteiger partial charge in [-0.1, -0.05) is 17.7 Å². The standard InChI is InChI=1S/C13H16ClFN2O/c14-10-2-1-3-11(15)12(10)13(18)17-6-4-9(8-16)5-7-17/h1-3,9H,4-8,16H2. The van der Waals surface area contributed by atoms with Crippen molar-refractivity contribution in [2.75, 3.05) is 19.6 Å². The Kier molecular flexibility index (Phi) is 4.19. The summed E-state index contributed by atoms with van der Waals surface area (Å²) in [6, 6.07) is 4.28. The summed E-state index contributed by atoms with van der Waals surface area (Å²) in [5, 5.41) is 0.168. The molecule has 5 heteroatoms. The molecular formula is C13H16ClFN2O. The molecule has 1 aliphatic heterocycles. The quantitative estimate of drug-likeness (QED) is 0.896. The van der Waals surface area contributed by atoms with Gasteiger partial charge in [0.05, 0.1) is 10.6 Å². The summed E-state index contributed by atoms with van der Waals surface area (Å²) in [7, 11) is 0. The Labute approximate surface area is 111 Å². The second-order valence-electron chi connectivity index (χ2n) is 4.57. The van der Waals surface area contributed by atoms with E-state index in [-0.39, 0.29) is 16.5 Å². The Balaban J connectivity index is 2.13. The second kappa shape index (κ2) is 5.67. The van der Waals surface area contributed by atoms with Gasteiger partial charge in [-0.05, 0) is 37.4 Å². The highest BCUT2D eigenvalue weighted by atomic mass is 35.5. The van der Waals surface area contributed by atoms with Crippen LogP contribution in [0.5, 0.6) is 0 Å². The molecule has 0 bridgehead atoms. The van der Waals surface area contributed by atoms with E-state index >= 15 is 0 Å². The smallest absolute Gasteiger partial charge is 0.258 e. The first-order valence-corrected chi connectivity index (χ1v) is 6.44. The average molecular weight is 271 g/mol. The molecule has 98 valence electrons. The summed E-state index contributed by atoms with van der Waals surface area (Å²) in [5.41, 5.74) is 5.58. The van der Waals surface area contributed by atoms with Gasteiger partial charge in [0.1, 0.15) is 5.82 Å². The Morgan fingerprint density at radius 1 is 1.44 bits per heavy atom. The van der Waals surface area contributed by atoms with E-state index in [9.17, 15) is 9.18 Å². The molecule has 0 spiro atoms. The molecule has 2 rings (SSSR count). The summed E-state index contributed by atoms with van der Waals surface area (Å²) in [4.78, 5) is 13.9. The van der Waals surface area contributed by atoms with E-state index in [4.69, 9.17) is 17.3 Å².